The minimum Gasteiger partial charge on any atom is -0.481 e. The van der Waals surface area contributed by atoms with Gasteiger partial charge in [-0.2, -0.15) is 0 Å². The van der Waals surface area contributed by atoms with E-state index in [4.69, 9.17) is 10.6 Å². The number of carbonyl (C=O) groups excluding carboxylic acids is 1. The van der Waals surface area contributed by atoms with Crippen molar-refractivity contribution >= 4 is 11.7 Å². The van der Waals surface area contributed by atoms with Crippen LogP contribution in [0.5, 0.6) is 5.75 Å². The Morgan fingerprint density at radius 2 is 2.05 bits per heavy atom. The number of pyridine rings is 1. The van der Waals surface area contributed by atoms with Gasteiger partial charge in [0.15, 0.2) is 0 Å². The van der Waals surface area contributed by atoms with E-state index in [9.17, 15) is 14.9 Å². The fourth-order valence-corrected chi connectivity index (χ4v) is 1.63. The summed E-state index contributed by atoms with van der Waals surface area (Å²) >= 11 is 0. The van der Waals surface area contributed by atoms with Crippen molar-refractivity contribution in [2.75, 3.05) is 0 Å². The summed E-state index contributed by atoms with van der Waals surface area (Å²) in [4.78, 5) is 25.1. The molecule has 0 saturated heterocycles. The highest BCUT2D eigenvalue weighted by molar-refractivity contribution is 5.93. The van der Waals surface area contributed by atoms with Gasteiger partial charge in [0.05, 0.1) is 0 Å². The van der Waals surface area contributed by atoms with Crippen LogP contribution in [0, 0.1) is 10.1 Å². The number of nitrogens with zero attached hydrogens (tertiary/aromatic N) is 2. The first-order valence-electron chi connectivity index (χ1n) is 5.94. The predicted molar refractivity (Wildman–Crippen MR) is 73.3 cm³/mol. The molecule has 2 aromatic rings. The molecule has 0 bridgehead atoms. The molecule has 0 atom stereocenters. The van der Waals surface area contributed by atoms with Gasteiger partial charge in [0.25, 0.3) is 5.91 Å². The molecule has 1 amide bonds. The lowest BCUT2D eigenvalue weighted by molar-refractivity contribution is -0.390. The quantitative estimate of drug-likeness (QED) is 0.369. The number of nitrogen functional groups attached to an aromatic ring is 1. The number of hydrazine groups is 1. The van der Waals surface area contributed by atoms with Crippen molar-refractivity contribution < 1.29 is 14.5 Å². The van der Waals surface area contributed by atoms with Crippen LogP contribution in [0.1, 0.15) is 15.9 Å². The third-order valence-electron chi connectivity index (χ3n) is 2.67. The van der Waals surface area contributed by atoms with Crippen molar-refractivity contribution in [2.24, 2.45) is 5.84 Å². The first kappa shape index (κ1) is 14.4. The van der Waals surface area contributed by atoms with Crippen LogP contribution in [0.15, 0.2) is 42.6 Å². The maximum atomic E-state index is 11.3. The largest absolute Gasteiger partial charge is 0.481 e. The van der Waals surface area contributed by atoms with Crippen LogP contribution in [0.25, 0.3) is 0 Å². The number of ether oxygens (including phenoxy) is 1. The Bertz CT molecular complexity index is 657. The molecule has 1 heterocycles. The highest BCUT2D eigenvalue weighted by Crippen LogP contribution is 2.23. The van der Waals surface area contributed by atoms with Crippen molar-refractivity contribution in [3.05, 3.63) is 63.8 Å². The molecule has 0 fully saturated rings. The summed E-state index contributed by atoms with van der Waals surface area (Å²) < 4.78 is 5.38. The van der Waals surface area contributed by atoms with Crippen LogP contribution < -0.4 is 16.0 Å². The maximum absolute atomic E-state index is 11.3. The lowest BCUT2D eigenvalue weighted by Crippen LogP contribution is -2.29. The third-order valence-corrected chi connectivity index (χ3v) is 2.67. The van der Waals surface area contributed by atoms with Gasteiger partial charge >= 0.3 is 5.82 Å². The van der Waals surface area contributed by atoms with Crippen LogP contribution in [0.4, 0.5) is 5.82 Å². The van der Waals surface area contributed by atoms with E-state index in [0.717, 1.165) is 5.56 Å². The number of hydrogen-bond acceptors (Lipinski definition) is 6. The number of rotatable bonds is 5. The van der Waals surface area contributed by atoms with Gasteiger partial charge < -0.3 is 14.9 Å². The van der Waals surface area contributed by atoms with Gasteiger partial charge in [-0.15, -0.1) is 0 Å². The molecule has 108 valence electrons. The Morgan fingerprint density at radius 1 is 1.33 bits per heavy atom. The van der Waals surface area contributed by atoms with Gasteiger partial charge in [0, 0.05) is 5.56 Å². The molecule has 2 rings (SSSR count). The topological polar surface area (TPSA) is 120 Å². The van der Waals surface area contributed by atoms with Gasteiger partial charge in [0.2, 0.25) is 5.75 Å². The highest BCUT2D eigenvalue weighted by Gasteiger charge is 2.15. The maximum Gasteiger partial charge on any atom is 0.406 e. The minimum absolute atomic E-state index is 0.0891. The lowest BCUT2D eigenvalue weighted by Gasteiger charge is -2.07. The van der Waals surface area contributed by atoms with Crippen LogP contribution in [-0.2, 0) is 6.61 Å². The van der Waals surface area contributed by atoms with Crippen LogP contribution in [-0.4, -0.2) is 15.8 Å². The van der Waals surface area contributed by atoms with E-state index in [2.05, 4.69) is 4.98 Å². The molecule has 21 heavy (non-hydrogen) atoms. The first-order valence-corrected chi connectivity index (χ1v) is 5.94. The summed E-state index contributed by atoms with van der Waals surface area (Å²) in [7, 11) is 0. The molecular weight excluding hydrogens is 276 g/mol. The van der Waals surface area contributed by atoms with E-state index in [1.807, 2.05) is 5.43 Å². The molecular formula is C13H12N4O4. The highest BCUT2D eigenvalue weighted by atomic mass is 16.6. The summed E-state index contributed by atoms with van der Waals surface area (Å²) in [6.45, 7) is 0.122. The molecule has 8 nitrogen and oxygen atoms in total. The molecule has 0 radical (unpaired) electrons. The molecule has 0 spiro atoms. The van der Waals surface area contributed by atoms with E-state index in [-0.39, 0.29) is 18.2 Å². The number of nitro groups is 1. The molecule has 8 heteroatoms. The average Bonchev–Trinajstić information content (AvgIpc) is 2.52. The van der Waals surface area contributed by atoms with Gasteiger partial charge in [-0.1, -0.05) is 12.1 Å². The molecule has 0 unspecified atom stereocenters. The van der Waals surface area contributed by atoms with E-state index in [0.29, 0.717) is 5.56 Å². The van der Waals surface area contributed by atoms with Crippen molar-refractivity contribution in [2.45, 2.75) is 6.61 Å². The van der Waals surface area contributed by atoms with Crippen molar-refractivity contribution in [1.82, 2.24) is 10.4 Å². The standard InChI is InChI=1S/C13H12N4O4/c14-16-13(18)10-5-3-9(4-6-10)8-21-11-2-1-7-15-12(11)17(19)20/h1-7H,8,14H2,(H,16,18). The summed E-state index contributed by atoms with van der Waals surface area (Å²) in [5.74, 6) is 4.38. The molecule has 1 aromatic heterocycles. The lowest BCUT2D eigenvalue weighted by atomic mass is 10.1. The Labute approximate surface area is 119 Å². The van der Waals surface area contributed by atoms with Crippen LogP contribution in [0.3, 0.4) is 0 Å². The van der Waals surface area contributed by atoms with E-state index in [1.165, 1.54) is 12.3 Å². The Balaban J connectivity index is 2.07. The second-order valence-electron chi connectivity index (χ2n) is 4.04. The fourth-order valence-electron chi connectivity index (χ4n) is 1.63. The smallest absolute Gasteiger partial charge is 0.406 e. The van der Waals surface area contributed by atoms with Crippen LogP contribution >= 0.6 is 0 Å². The zero-order valence-corrected chi connectivity index (χ0v) is 10.9. The SMILES string of the molecule is NNC(=O)c1ccc(COc2cccnc2[N+](=O)[O-])cc1. The molecule has 0 aliphatic rings. The Kier molecular flexibility index (Phi) is 4.42. The number of nitrogens with one attached hydrogen (secondary N) is 1. The van der Waals surface area contributed by atoms with Crippen molar-refractivity contribution in [3.63, 3.8) is 0 Å². The summed E-state index contributed by atoms with van der Waals surface area (Å²) in [6.07, 6.45) is 1.32. The average molecular weight is 288 g/mol. The fraction of sp³-hybridized carbons (Fsp3) is 0.0769. The molecule has 0 aliphatic carbocycles. The third kappa shape index (κ3) is 3.51. The van der Waals surface area contributed by atoms with Gasteiger partial charge in [-0.3, -0.25) is 10.2 Å². The minimum atomic E-state index is -0.607. The monoisotopic (exact) mass is 288 g/mol. The summed E-state index contributed by atoms with van der Waals surface area (Å²) in [5.41, 5.74) is 3.19. The van der Waals surface area contributed by atoms with E-state index >= 15 is 0 Å². The van der Waals surface area contributed by atoms with Gasteiger partial charge in [-0.25, -0.2) is 5.84 Å². The molecule has 0 aliphatic heterocycles. The second-order valence-corrected chi connectivity index (χ2v) is 4.04. The molecule has 0 saturated carbocycles. The number of nitrogens with two attached hydrogens (primary N) is 1. The first-order chi connectivity index (χ1) is 10.1. The van der Waals surface area contributed by atoms with Crippen molar-refractivity contribution in [1.29, 1.82) is 0 Å². The zero-order chi connectivity index (χ0) is 15.2. The number of hydrogen-bond donors (Lipinski definition) is 2. The van der Waals surface area contributed by atoms with E-state index in [1.54, 1.807) is 30.3 Å². The summed E-state index contributed by atoms with van der Waals surface area (Å²) in [5, 5.41) is 10.8. The molecule has 3 N–H and O–H groups in total. The van der Waals surface area contributed by atoms with Gasteiger partial charge in [-0.05, 0) is 39.7 Å². The van der Waals surface area contributed by atoms with Crippen molar-refractivity contribution in [3.8, 4) is 5.75 Å². The number of amides is 1. The number of aromatic nitrogens is 1. The summed E-state index contributed by atoms with van der Waals surface area (Å²) in [6, 6.07) is 9.54. The van der Waals surface area contributed by atoms with Crippen LogP contribution in [0.2, 0.25) is 0 Å². The Morgan fingerprint density at radius 3 is 2.67 bits per heavy atom. The molecule has 1 aromatic carbocycles. The Hall–Kier alpha value is -3.00. The zero-order valence-electron chi connectivity index (χ0n) is 10.9. The van der Waals surface area contributed by atoms with E-state index < -0.39 is 10.8 Å². The normalized spacial score (nSPS) is 9.95. The number of benzene rings is 1. The predicted octanol–water partition coefficient (Wildman–Crippen LogP) is 1.17. The number of carbonyl (C=O) groups is 1. The van der Waals surface area contributed by atoms with Gasteiger partial charge in [0.1, 0.15) is 12.8 Å². The second kappa shape index (κ2) is 6.44.